The van der Waals surface area contributed by atoms with Crippen LogP contribution in [0.3, 0.4) is 0 Å². The second-order valence-corrected chi connectivity index (χ2v) is 5.94. The third-order valence-corrected chi connectivity index (χ3v) is 4.06. The Labute approximate surface area is 113 Å². The van der Waals surface area contributed by atoms with Gasteiger partial charge >= 0.3 is 0 Å². The molecule has 0 aliphatic rings. The Morgan fingerprint density at radius 2 is 2.06 bits per heavy atom. The van der Waals surface area contributed by atoms with E-state index in [9.17, 15) is 4.39 Å². The maximum absolute atomic E-state index is 13.5. The normalized spacial score (nSPS) is 12.8. The topological polar surface area (TPSA) is 35.2 Å². The average molecular weight is 271 g/mol. The number of rotatable bonds is 7. The highest BCUT2D eigenvalue weighted by atomic mass is 32.2. The number of benzene rings is 1. The van der Waals surface area contributed by atoms with Gasteiger partial charge in [0.25, 0.3) is 0 Å². The lowest BCUT2D eigenvalue weighted by molar-refractivity contribution is 0.386. The molecule has 1 aromatic carbocycles. The fourth-order valence-electron chi connectivity index (χ4n) is 1.65. The van der Waals surface area contributed by atoms with Crippen LogP contribution in [0.5, 0.6) is 5.75 Å². The fraction of sp³-hybridized carbons (Fsp3) is 0.571. The summed E-state index contributed by atoms with van der Waals surface area (Å²) in [5.74, 6) is 2.66. The quantitative estimate of drug-likeness (QED) is 0.827. The van der Waals surface area contributed by atoms with Gasteiger partial charge in [0, 0.05) is 11.8 Å². The molecule has 0 radical (unpaired) electrons. The maximum atomic E-state index is 13.5. The van der Waals surface area contributed by atoms with Crippen LogP contribution in [-0.2, 0) is 6.42 Å². The Morgan fingerprint density at radius 1 is 1.33 bits per heavy atom. The second kappa shape index (κ2) is 7.64. The molecule has 1 atom stereocenters. The summed E-state index contributed by atoms with van der Waals surface area (Å²) in [6, 6.07) is 5.10. The predicted molar refractivity (Wildman–Crippen MR) is 76.8 cm³/mol. The smallest absolute Gasteiger partial charge is 0.165 e. The Kier molecular flexibility index (Phi) is 6.50. The van der Waals surface area contributed by atoms with Crippen LogP contribution < -0.4 is 10.5 Å². The number of ether oxygens (including phenoxy) is 1. The lowest BCUT2D eigenvalue weighted by Crippen LogP contribution is -2.26. The van der Waals surface area contributed by atoms with Crippen molar-refractivity contribution in [1.29, 1.82) is 0 Å². The van der Waals surface area contributed by atoms with Gasteiger partial charge in [-0.2, -0.15) is 11.8 Å². The molecular formula is C14H22FNOS. The van der Waals surface area contributed by atoms with Crippen molar-refractivity contribution in [2.45, 2.75) is 26.3 Å². The first-order valence-electron chi connectivity index (χ1n) is 6.18. The summed E-state index contributed by atoms with van der Waals surface area (Å²) in [6.07, 6.45) is 0.700. The van der Waals surface area contributed by atoms with E-state index in [1.807, 2.05) is 17.8 Å². The van der Waals surface area contributed by atoms with Crippen LogP contribution >= 0.6 is 11.8 Å². The minimum absolute atomic E-state index is 0.0709. The summed E-state index contributed by atoms with van der Waals surface area (Å²) in [5, 5.41) is 0. The van der Waals surface area contributed by atoms with Gasteiger partial charge in [-0.05, 0) is 35.8 Å². The molecule has 0 saturated heterocycles. The van der Waals surface area contributed by atoms with E-state index >= 15 is 0 Å². The van der Waals surface area contributed by atoms with E-state index in [4.69, 9.17) is 10.5 Å². The zero-order valence-corrected chi connectivity index (χ0v) is 12.1. The van der Waals surface area contributed by atoms with E-state index < -0.39 is 0 Å². The van der Waals surface area contributed by atoms with E-state index in [2.05, 4.69) is 13.8 Å². The average Bonchev–Trinajstić information content (AvgIpc) is 2.28. The van der Waals surface area contributed by atoms with Gasteiger partial charge in [-0.15, -0.1) is 0 Å². The van der Waals surface area contributed by atoms with E-state index in [-0.39, 0.29) is 17.6 Å². The molecule has 1 aromatic rings. The molecule has 0 fully saturated rings. The highest BCUT2D eigenvalue weighted by Gasteiger charge is 2.08. The standard InChI is InChI=1S/C14H22FNOS/c1-10(2)8-18-9-12(16)6-11-4-5-14(17-3)13(15)7-11/h4-5,7,10,12H,6,8-9,16H2,1-3H3. The summed E-state index contributed by atoms with van der Waals surface area (Å²) in [6.45, 7) is 4.38. The molecule has 2 N–H and O–H groups in total. The van der Waals surface area contributed by atoms with Crippen molar-refractivity contribution < 1.29 is 9.13 Å². The van der Waals surface area contributed by atoms with Gasteiger partial charge in [0.15, 0.2) is 11.6 Å². The summed E-state index contributed by atoms with van der Waals surface area (Å²) in [4.78, 5) is 0. The van der Waals surface area contributed by atoms with Crippen molar-refractivity contribution in [3.8, 4) is 5.75 Å². The molecule has 0 spiro atoms. The van der Waals surface area contributed by atoms with Crippen LogP contribution in [0.25, 0.3) is 0 Å². The number of hydrogen-bond donors (Lipinski definition) is 1. The highest BCUT2D eigenvalue weighted by molar-refractivity contribution is 7.99. The first kappa shape index (κ1) is 15.3. The number of nitrogens with two attached hydrogens (primary N) is 1. The first-order chi connectivity index (χ1) is 8.52. The minimum atomic E-state index is -0.322. The molecule has 0 saturated carbocycles. The molecular weight excluding hydrogens is 249 g/mol. The number of hydrogen-bond acceptors (Lipinski definition) is 3. The summed E-state index contributed by atoms with van der Waals surface area (Å²) in [7, 11) is 1.46. The van der Waals surface area contributed by atoms with Crippen molar-refractivity contribution in [3.05, 3.63) is 29.6 Å². The second-order valence-electron chi connectivity index (χ2n) is 4.86. The number of halogens is 1. The first-order valence-corrected chi connectivity index (χ1v) is 7.34. The molecule has 102 valence electrons. The summed E-state index contributed by atoms with van der Waals surface area (Å²) in [5.41, 5.74) is 6.96. The minimum Gasteiger partial charge on any atom is -0.494 e. The van der Waals surface area contributed by atoms with Crippen LogP contribution in [-0.4, -0.2) is 24.7 Å². The monoisotopic (exact) mass is 271 g/mol. The van der Waals surface area contributed by atoms with Gasteiger partial charge in [-0.1, -0.05) is 19.9 Å². The molecule has 18 heavy (non-hydrogen) atoms. The van der Waals surface area contributed by atoms with E-state index in [0.717, 1.165) is 17.1 Å². The molecule has 0 aromatic heterocycles. The molecule has 4 heteroatoms. The predicted octanol–water partition coefficient (Wildman–Crippen LogP) is 3.09. The van der Waals surface area contributed by atoms with E-state index in [1.165, 1.54) is 13.2 Å². The van der Waals surface area contributed by atoms with Gasteiger partial charge in [0.05, 0.1) is 7.11 Å². The van der Waals surface area contributed by atoms with Gasteiger partial charge in [-0.25, -0.2) is 4.39 Å². The third-order valence-electron chi connectivity index (χ3n) is 2.50. The van der Waals surface area contributed by atoms with Gasteiger partial charge in [0.1, 0.15) is 0 Å². The number of thioether (sulfide) groups is 1. The molecule has 2 nitrogen and oxygen atoms in total. The fourth-order valence-corrected chi connectivity index (χ4v) is 2.68. The Balaban J connectivity index is 2.44. The van der Waals surface area contributed by atoms with E-state index in [0.29, 0.717) is 12.3 Å². The zero-order valence-electron chi connectivity index (χ0n) is 11.3. The molecule has 0 bridgehead atoms. The third kappa shape index (κ3) is 5.27. The van der Waals surface area contributed by atoms with Crippen molar-refractivity contribution in [2.75, 3.05) is 18.6 Å². The number of methoxy groups -OCH3 is 1. The van der Waals surface area contributed by atoms with Crippen LogP contribution in [0.1, 0.15) is 19.4 Å². The highest BCUT2D eigenvalue weighted by Crippen LogP contribution is 2.19. The van der Waals surface area contributed by atoms with Crippen molar-refractivity contribution in [3.63, 3.8) is 0 Å². The van der Waals surface area contributed by atoms with Crippen molar-refractivity contribution >= 4 is 11.8 Å². The lowest BCUT2D eigenvalue weighted by atomic mass is 10.1. The Morgan fingerprint density at radius 3 is 2.61 bits per heavy atom. The largest absolute Gasteiger partial charge is 0.494 e. The molecule has 0 amide bonds. The van der Waals surface area contributed by atoms with E-state index in [1.54, 1.807) is 6.07 Å². The maximum Gasteiger partial charge on any atom is 0.165 e. The lowest BCUT2D eigenvalue weighted by Gasteiger charge is -2.13. The van der Waals surface area contributed by atoms with Gasteiger partial charge in [-0.3, -0.25) is 0 Å². The summed E-state index contributed by atoms with van der Waals surface area (Å²) < 4.78 is 18.4. The Hall–Kier alpha value is -0.740. The SMILES string of the molecule is COc1ccc(CC(N)CSCC(C)C)cc1F. The van der Waals surface area contributed by atoms with Crippen LogP contribution in [0.15, 0.2) is 18.2 Å². The van der Waals surface area contributed by atoms with Gasteiger partial charge in [0.2, 0.25) is 0 Å². The zero-order chi connectivity index (χ0) is 13.5. The Bertz CT molecular complexity index is 371. The van der Waals surface area contributed by atoms with Crippen LogP contribution in [0.4, 0.5) is 4.39 Å². The molecule has 0 aliphatic carbocycles. The summed E-state index contributed by atoms with van der Waals surface area (Å²) >= 11 is 1.86. The van der Waals surface area contributed by atoms with Gasteiger partial charge < -0.3 is 10.5 Å². The molecule has 0 aliphatic heterocycles. The molecule has 1 rings (SSSR count). The van der Waals surface area contributed by atoms with Crippen molar-refractivity contribution in [1.82, 2.24) is 0 Å². The van der Waals surface area contributed by atoms with Crippen LogP contribution in [0, 0.1) is 11.7 Å². The molecule has 1 unspecified atom stereocenters. The van der Waals surface area contributed by atoms with Crippen molar-refractivity contribution in [2.24, 2.45) is 11.7 Å². The van der Waals surface area contributed by atoms with Crippen LogP contribution in [0.2, 0.25) is 0 Å². The molecule has 0 heterocycles.